The number of amides is 1. The lowest BCUT2D eigenvalue weighted by atomic mass is 10.2. The van der Waals surface area contributed by atoms with Crippen LogP contribution in [0.1, 0.15) is 25.8 Å². The van der Waals surface area contributed by atoms with Crippen LogP contribution in [0.25, 0.3) is 0 Å². The lowest BCUT2D eigenvalue weighted by molar-refractivity contribution is -0.137. The Morgan fingerprint density at radius 2 is 1.87 bits per heavy atom. The molecule has 0 aliphatic carbocycles. The number of halogens is 3. The number of alkyl halides is 3. The van der Waals surface area contributed by atoms with E-state index in [9.17, 15) is 18.0 Å². The number of rotatable bonds is 6. The molecule has 1 unspecified atom stereocenters. The van der Waals surface area contributed by atoms with Gasteiger partial charge in [0.15, 0.2) is 0 Å². The molecular weight excluding hydrogens is 409 g/mol. The minimum atomic E-state index is -4.40. The third-order valence-corrected chi connectivity index (χ3v) is 5.29. The predicted molar refractivity (Wildman–Crippen MR) is 113 cm³/mol. The van der Waals surface area contributed by atoms with Crippen molar-refractivity contribution in [1.82, 2.24) is 9.88 Å². The SMILES string of the molecule is CCOc1ccc(NC(=O)C(C)N2CCCN(c3ccc(C(F)(F)F)cn3)CC2)cc1. The second kappa shape index (κ2) is 10.00. The lowest BCUT2D eigenvalue weighted by Gasteiger charge is -2.27. The summed E-state index contributed by atoms with van der Waals surface area (Å²) < 4.78 is 43.7. The first-order chi connectivity index (χ1) is 14.8. The van der Waals surface area contributed by atoms with Gasteiger partial charge in [0.05, 0.1) is 18.2 Å². The maximum Gasteiger partial charge on any atom is 0.417 e. The molecule has 1 amide bonds. The molecule has 0 spiro atoms. The van der Waals surface area contributed by atoms with Crippen LogP contribution in [0.15, 0.2) is 42.6 Å². The van der Waals surface area contributed by atoms with E-state index in [4.69, 9.17) is 4.74 Å². The number of nitrogens with zero attached hydrogens (tertiary/aromatic N) is 3. The van der Waals surface area contributed by atoms with E-state index in [1.165, 1.54) is 6.07 Å². The zero-order valence-corrected chi connectivity index (χ0v) is 17.7. The number of carbonyl (C=O) groups is 1. The molecule has 1 fully saturated rings. The molecular formula is C22H27F3N4O2. The Kier molecular flexibility index (Phi) is 7.37. The lowest BCUT2D eigenvalue weighted by Crippen LogP contribution is -2.44. The summed E-state index contributed by atoms with van der Waals surface area (Å²) in [6, 6.07) is 9.34. The average molecular weight is 436 g/mol. The Labute approximate surface area is 180 Å². The Morgan fingerprint density at radius 3 is 2.48 bits per heavy atom. The maximum atomic E-state index is 12.7. The van der Waals surface area contributed by atoms with Crippen LogP contribution in [0, 0.1) is 0 Å². The van der Waals surface area contributed by atoms with Crippen LogP contribution < -0.4 is 15.0 Å². The largest absolute Gasteiger partial charge is 0.494 e. The van der Waals surface area contributed by atoms with Gasteiger partial charge >= 0.3 is 6.18 Å². The fourth-order valence-corrected chi connectivity index (χ4v) is 3.51. The van der Waals surface area contributed by atoms with E-state index >= 15 is 0 Å². The van der Waals surface area contributed by atoms with Crippen molar-refractivity contribution < 1.29 is 22.7 Å². The van der Waals surface area contributed by atoms with Crippen molar-refractivity contribution in [3.05, 3.63) is 48.2 Å². The average Bonchev–Trinajstić information content (AvgIpc) is 3.00. The van der Waals surface area contributed by atoms with E-state index < -0.39 is 11.7 Å². The first-order valence-corrected chi connectivity index (χ1v) is 10.3. The summed E-state index contributed by atoms with van der Waals surface area (Å²) in [6.45, 7) is 6.93. The van der Waals surface area contributed by atoms with E-state index in [0.717, 1.165) is 31.0 Å². The summed E-state index contributed by atoms with van der Waals surface area (Å²) in [4.78, 5) is 20.7. The smallest absolute Gasteiger partial charge is 0.417 e. The second-order valence-corrected chi connectivity index (χ2v) is 7.40. The molecule has 9 heteroatoms. The molecule has 1 saturated heterocycles. The number of carbonyl (C=O) groups excluding carboxylic acids is 1. The van der Waals surface area contributed by atoms with Gasteiger partial charge in [-0.1, -0.05) is 0 Å². The fraction of sp³-hybridized carbons (Fsp3) is 0.455. The molecule has 1 N–H and O–H groups in total. The third-order valence-electron chi connectivity index (χ3n) is 5.29. The van der Waals surface area contributed by atoms with Crippen molar-refractivity contribution in [3.8, 4) is 5.75 Å². The first kappa shape index (κ1) is 22.9. The summed E-state index contributed by atoms with van der Waals surface area (Å²) in [5.74, 6) is 1.16. The standard InChI is InChI=1S/C22H27F3N4O2/c1-3-31-19-8-6-18(7-9-19)27-21(30)16(2)28-11-4-12-29(14-13-28)20-10-5-17(15-26-20)22(23,24)25/h5-10,15-16H,3-4,11-14H2,1-2H3,(H,27,30). The van der Waals surface area contributed by atoms with Crippen LogP contribution >= 0.6 is 0 Å². The molecule has 1 aromatic heterocycles. The number of ether oxygens (including phenoxy) is 1. The number of aromatic nitrogens is 1. The Balaban J connectivity index is 1.56. The van der Waals surface area contributed by atoms with E-state index in [0.29, 0.717) is 37.7 Å². The fourth-order valence-electron chi connectivity index (χ4n) is 3.51. The highest BCUT2D eigenvalue weighted by molar-refractivity contribution is 5.94. The minimum Gasteiger partial charge on any atom is -0.494 e. The number of pyridine rings is 1. The van der Waals surface area contributed by atoms with Gasteiger partial charge < -0.3 is 15.0 Å². The van der Waals surface area contributed by atoms with E-state index in [1.54, 1.807) is 12.1 Å². The predicted octanol–water partition coefficient (Wildman–Crippen LogP) is 4.04. The monoisotopic (exact) mass is 436 g/mol. The quantitative estimate of drug-likeness (QED) is 0.741. The molecule has 2 aromatic rings. The second-order valence-electron chi connectivity index (χ2n) is 7.40. The normalized spacial score (nSPS) is 16.5. The molecule has 1 atom stereocenters. The molecule has 168 valence electrons. The molecule has 0 saturated carbocycles. The minimum absolute atomic E-state index is 0.106. The van der Waals surface area contributed by atoms with Crippen LogP contribution in [0.4, 0.5) is 24.7 Å². The Bertz CT molecular complexity index is 857. The molecule has 1 aliphatic rings. The van der Waals surface area contributed by atoms with E-state index in [-0.39, 0.29) is 11.9 Å². The van der Waals surface area contributed by atoms with E-state index in [1.807, 2.05) is 30.9 Å². The zero-order chi connectivity index (χ0) is 22.4. The van der Waals surface area contributed by atoms with E-state index in [2.05, 4.69) is 15.2 Å². The number of benzene rings is 1. The summed E-state index contributed by atoms with van der Waals surface area (Å²) in [7, 11) is 0. The topological polar surface area (TPSA) is 57.7 Å². The molecule has 2 heterocycles. The number of anilines is 2. The molecule has 1 aromatic carbocycles. The van der Waals surface area contributed by atoms with Crippen molar-refractivity contribution in [3.63, 3.8) is 0 Å². The van der Waals surface area contributed by atoms with Crippen LogP contribution in [-0.2, 0) is 11.0 Å². The van der Waals surface area contributed by atoms with Crippen LogP contribution in [-0.4, -0.2) is 54.6 Å². The molecule has 0 radical (unpaired) electrons. The van der Waals surface area contributed by atoms with Gasteiger partial charge in [-0.3, -0.25) is 9.69 Å². The highest BCUT2D eigenvalue weighted by atomic mass is 19.4. The van der Waals surface area contributed by atoms with Crippen LogP contribution in [0.2, 0.25) is 0 Å². The van der Waals surface area contributed by atoms with Crippen molar-refractivity contribution in [2.24, 2.45) is 0 Å². The van der Waals surface area contributed by atoms with Crippen molar-refractivity contribution in [2.75, 3.05) is 43.0 Å². The van der Waals surface area contributed by atoms with Crippen molar-refractivity contribution >= 4 is 17.4 Å². The summed E-state index contributed by atoms with van der Waals surface area (Å²) in [5.41, 5.74) is -0.0574. The molecule has 6 nitrogen and oxygen atoms in total. The highest BCUT2D eigenvalue weighted by Gasteiger charge is 2.31. The van der Waals surface area contributed by atoms with Gasteiger partial charge in [0.25, 0.3) is 0 Å². The van der Waals surface area contributed by atoms with Gasteiger partial charge in [0, 0.05) is 38.1 Å². The first-order valence-electron chi connectivity index (χ1n) is 10.3. The van der Waals surface area contributed by atoms with Gasteiger partial charge in [-0.05, 0) is 56.7 Å². The molecule has 3 rings (SSSR count). The molecule has 1 aliphatic heterocycles. The molecule has 31 heavy (non-hydrogen) atoms. The number of nitrogens with one attached hydrogen (secondary N) is 1. The summed E-state index contributed by atoms with van der Waals surface area (Å²) >= 11 is 0. The maximum absolute atomic E-state index is 12.7. The highest BCUT2D eigenvalue weighted by Crippen LogP contribution is 2.29. The number of hydrogen-bond acceptors (Lipinski definition) is 5. The van der Waals surface area contributed by atoms with Gasteiger partial charge in [-0.25, -0.2) is 4.98 Å². The Morgan fingerprint density at radius 1 is 1.13 bits per heavy atom. The van der Waals surface area contributed by atoms with Gasteiger partial charge in [0.2, 0.25) is 5.91 Å². The van der Waals surface area contributed by atoms with Gasteiger partial charge in [-0.2, -0.15) is 13.2 Å². The Hall–Kier alpha value is -2.81. The summed E-state index contributed by atoms with van der Waals surface area (Å²) in [5, 5.41) is 2.92. The van der Waals surface area contributed by atoms with Crippen LogP contribution in [0.3, 0.4) is 0 Å². The third kappa shape index (κ3) is 6.10. The van der Waals surface area contributed by atoms with Crippen molar-refractivity contribution in [1.29, 1.82) is 0 Å². The zero-order valence-electron chi connectivity index (χ0n) is 17.7. The molecule has 0 bridgehead atoms. The van der Waals surface area contributed by atoms with Gasteiger partial charge in [-0.15, -0.1) is 0 Å². The van der Waals surface area contributed by atoms with Gasteiger partial charge in [0.1, 0.15) is 11.6 Å². The summed E-state index contributed by atoms with van der Waals surface area (Å²) in [6.07, 6.45) is -2.75. The van der Waals surface area contributed by atoms with Crippen molar-refractivity contribution in [2.45, 2.75) is 32.5 Å². The van der Waals surface area contributed by atoms with Crippen LogP contribution in [0.5, 0.6) is 5.75 Å². The number of hydrogen-bond donors (Lipinski definition) is 1.